The summed E-state index contributed by atoms with van der Waals surface area (Å²) >= 11 is 0. The molecule has 0 fully saturated rings. The molecule has 0 bridgehead atoms. The largest absolute Gasteiger partial charge is 0.376 e. The number of hydrogen-bond donors (Lipinski definition) is 0. The van der Waals surface area contributed by atoms with Crippen molar-refractivity contribution in [1.29, 1.82) is 0 Å². The van der Waals surface area contributed by atoms with Crippen LogP contribution in [-0.4, -0.2) is 24.4 Å². The van der Waals surface area contributed by atoms with Crippen LogP contribution in [0.4, 0.5) is 0 Å². The maximum absolute atomic E-state index is 5.98. The second kappa shape index (κ2) is 7.38. The van der Waals surface area contributed by atoms with Crippen molar-refractivity contribution in [3.8, 4) is 0 Å². The average Bonchev–Trinajstić information content (AvgIpc) is 2.14. The van der Waals surface area contributed by atoms with E-state index in [1.165, 1.54) is 6.42 Å². The molecule has 0 aromatic heterocycles. The summed E-state index contributed by atoms with van der Waals surface area (Å²) in [6, 6.07) is 0. The molecule has 0 N–H and O–H groups in total. The SMILES string of the molecule is CCOC(C)(C)CCOC(C)(C)CCC(C)C. The Balaban J connectivity index is 3.85. The van der Waals surface area contributed by atoms with Gasteiger partial charge in [0.1, 0.15) is 0 Å². The van der Waals surface area contributed by atoms with E-state index >= 15 is 0 Å². The van der Waals surface area contributed by atoms with Crippen LogP contribution in [0.1, 0.15) is 67.7 Å². The average molecular weight is 244 g/mol. The van der Waals surface area contributed by atoms with Crippen LogP contribution < -0.4 is 0 Å². The van der Waals surface area contributed by atoms with E-state index in [9.17, 15) is 0 Å². The summed E-state index contributed by atoms with van der Waals surface area (Å²) in [6.07, 6.45) is 3.30. The first-order chi connectivity index (χ1) is 7.68. The number of hydrogen-bond acceptors (Lipinski definition) is 2. The van der Waals surface area contributed by atoms with Crippen LogP contribution in [-0.2, 0) is 9.47 Å². The Hall–Kier alpha value is -0.0800. The maximum Gasteiger partial charge on any atom is 0.0648 e. The van der Waals surface area contributed by atoms with Crippen molar-refractivity contribution in [2.24, 2.45) is 5.92 Å². The Kier molecular flexibility index (Phi) is 7.34. The van der Waals surface area contributed by atoms with Crippen molar-refractivity contribution in [2.75, 3.05) is 13.2 Å². The first-order valence-corrected chi connectivity index (χ1v) is 6.96. The minimum Gasteiger partial charge on any atom is -0.376 e. The Morgan fingerprint density at radius 3 is 1.88 bits per heavy atom. The Labute approximate surface area is 108 Å². The van der Waals surface area contributed by atoms with E-state index in [0.717, 1.165) is 32.0 Å². The van der Waals surface area contributed by atoms with Crippen LogP contribution in [0.25, 0.3) is 0 Å². The van der Waals surface area contributed by atoms with Gasteiger partial charge in [-0.3, -0.25) is 0 Å². The maximum atomic E-state index is 5.98. The summed E-state index contributed by atoms with van der Waals surface area (Å²) in [5.41, 5.74) is -0.0740. The van der Waals surface area contributed by atoms with Crippen molar-refractivity contribution in [3.05, 3.63) is 0 Å². The van der Waals surface area contributed by atoms with Gasteiger partial charge in [0.25, 0.3) is 0 Å². The summed E-state index contributed by atoms with van der Waals surface area (Å²) in [4.78, 5) is 0. The van der Waals surface area contributed by atoms with Gasteiger partial charge >= 0.3 is 0 Å². The van der Waals surface area contributed by atoms with Crippen LogP contribution in [0.3, 0.4) is 0 Å². The molecule has 0 rings (SSSR count). The van der Waals surface area contributed by atoms with E-state index in [2.05, 4.69) is 41.5 Å². The molecule has 0 spiro atoms. The van der Waals surface area contributed by atoms with E-state index in [1.54, 1.807) is 0 Å². The molecule has 0 aliphatic carbocycles. The molecule has 17 heavy (non-hydrogen) atoms. The molecule has 0 aromatic carbocycles. The zero-order chi connectivity index (χ0) is 13.5. The smallest absolute Gasteiger partial charge is 0.0648 e. The van der Waals surface area contributed by atoms with Crippen molar-refractivity contribution in [3.63, 3.8) is 0 Å². The van der Waals surface area contributed by atoms with Crippen LogP contribution in [0.15, 0.2) is 0 Å². The second-order valence-electron chi connectivity index (χ2n) is 6.48. The minimum absolute atomic E-state index is 0.00738. The van der Waals surface area contributed by atoms with Crippen LogP contribution in [0.2, 0.25) is 0 Å². The van der Waals surface area contributed by atoms with E-state index in [-0.39, 0.29) is 11.2 Å². The predicted molar refractivity (Wildman–Crippen MR) is 74.4 cm³/mol. The molecule has 0 aromatic rings. The van der Waals surface area contributed by atoms with Crippen molar-refractivity contribution in [1.82, 2.24) is 0 Å². The fourth-order valence-corrected chi connectivity index (χ4v) is 1.74. The molecular formula is C15H32O2. The molecule has 104 valence electrons. The molecule has 2 nitrogen and oxygen atoms in total. The third kappa shape index (κ3) is 9.61. The first kappa shape index (κ1) is 16.9. The number of rotatable bonds is 9. The molecule has 0 saturated heterocycles. The van der Waals surface area contributed by atoms with Gasteiger partial charge in [0.2, 0.25) is 0 Å². The highest BCUT2D eigenvalue weighted by molar-refractivity contribution is 4.72. The molecule has 0 aliphatic heterocycles. The zero-order valence-electron chi connectivity index (χ0n) is 12.9. The minimum atomic E-state index is -0.0666. The second-order valence-corrected chi connectivity index (χ2v) is 6.48. The summed E-state index contributed by atoms with van der Waals surface area (Å²) in [5.74, 6) is 0.748. The fraction of sp³-hybridized carbons (Fsp3) is 1.00. The van der Waals surface area contributed by atoms with E-state index in [1.807, 2.05) is 6.92 Å². The van der Waals surface area contributed by atoms with Crippen LogP contribution in [0.5, 0.6) is 0 Å². The quantitative estimate of drug-likeness (QED) is 0.597. The van der Waals surface area contributed by atoms with Crippen molar-refractivity contribution >= 4 is 0 Å². The molecular weight excluding hydrogens is 212 g/mol. The predicted octanol–water partition coefficient (Wildman–Crippen LogP) is 4.42. The molecule has 0 radical (unpaired) electrons. The van der Waals surface area contributed by atoms with Gasteiger partial charge in [-0.05, 0) is 59.8 Å². The van der Waals surface area contributed by atoms with E-state index < -0.39 is 0 Å². The van der Waals surface area contributed by atoms with Crippen molar-refractivity contribution in [2.45, 2.75) is 78.9 Å². The molecule has 0 heterocycles. The normalized spacial score (nSPS) is 13.4. The Morgan fingerprint density at radius 1 is 0.882 bits per heavy atom. The van der Waals surface area contributed by atoms with Gasteiger partial charge in [0.15, 0.2) is 0 Å². The molecule has 2 heteroatoms. The summed E-state index contributed by atoms with van der Waals surface area (Å²) in [5, 5.41) is 0. The van der Waals surface area contributed by atoms with Gasteiger partial charge in [-0.2, -0.15) is 0 Å². The lowest BCUT2D eigenvalue weighted by Crippen LogP contribution is -2.31. The van der Waals surface area contributed by atoms with E-state index in [4.69, 9.17) is 9.47 Å². The summed E-state index contributed by atoms with van der Waals surface area (Å²) < 4.78 is 11.6. The first-order valence-electron chi connectivity index (χ1n) is 6.96. The highest BCUT2D eigenvalue weighted by atomic mass is 16.5. The lowest BCUT2D eigenvalue weighted by molar-refractivity contribution is -0.0727. The van der Waals surface area contributed by atoms with Gasteiger partial charge in [-0.25, -0.2) is 0 Å². The lowest BCUT2D eigenvalue weighted by Gasteiger charge is -2.30. The zero-order valence-corrected chi connectivity index (χ0v) is 12.9. The highest BCUT2D eigenvalue weighted by Crippen LogP contribution is 2.22. The monoisotopic (exact) mass is 244 g/mol. The molecule has 0 aliphatic rings. The lowest BCUT2D eigenvalue weighted by atomic mass is 9.96. The molecule has 0 saturated carbocycles. The Morgan fingerprint density at radius 2 is 1.41 bits per heavy atom. The van der Waals surface area contributed by atoms with Gasteiger partial charge in [0.05, 0.1) is 17.8 Å². The van der Waals surface area contributed by atoms with Crippen LogP contribution >= 0.6 is 0 Å². The Bertz CT molecular complexity index is 195. The highest BCUT2D eigenvalue weighted by Gasteiger charge is 2.22. The van der Waals surface area contributed by atoms with E-state index in [0.29, 0.717) is 0 Å². The van der Waals surface area contributed by atoms with Crippen LogP contribution in [0, 0.1) is 5.92 Å². The summed E-state index contributed by atoms with van der Waals surface area (Å²) in [6.45, 7) is 16.7. The topological polar surface area (TPSA) is 18.5 Å². The van der Waals surface area contributed by atoms with Crippen molar-refractivity contribution < 1.29 is 9.47 Å². The molecule has 0 unspecified atom stereocenters. The molecule has 0 amide bonds. The van der Waals surface area contributed by atoms with Gasteiger partial charge in [-0.15, -0.1) is 0 Å². The van der Waals surface area contributed by atoms with Gasteiger partial charge < -0.3 is 9.47 Å². The fourth-order valence-electron chi connectivity index (χ4n) is 1.74. The van der Waals surface area contributed by atoms with Gasteiger partial charge in [-0.1, -0.05) is 13.8 Å². The number of ether oxygens (including phenoxy) is 2. The van der Waals surface area contributed by atoms with Gasteiger partial charge in [0, 0.05) is 6.61 Å². The molecule has 0 atom stereocenters. The third-order valence-corrected chi connectivity index (χ3v) is 3.06. The standard InChI is InChI=1S/C15H32O2/c1-8-16-15(6,7)11-12-17-14(4,5)10-9-13(2)3/h13H,8-12H2,1-7H3. The third-order valence-electron chi connectivity index (χ3n) is 3.06. The summed E-state index contributed by atoms with van der Waals surface area (Å²) in [7, 11) is 0.